The van der Waals surface area contributed by atoms with Gasteiger partial charge in [-0.3, -0.25) is 9.98 Å². The number of allylic oxidation sites excluding steroid dienone is 2. The van der Waals surface area contributed by atoms with Gasteiger partial charge in [-0.15, -0.1) is 0 Å². The van der Waals surface area contributed by atoms with Crippen LogP contribution in [-0.4, -0.2) is 19.0 Å². The summed E-state index contributed by atoms with van der Waals surface area (Å²) in [5.74, 6) is 0. The van der Waals surface area contributed by atoms with Crippen LogP contribution in [0.3, 0.4) is 0 Å². The van der Waals surface area contributed by atoms with E-state index in [1.165, 1.54) is 0 Å². The molecule has 0 heterocycles. The Labute approximate surface area is 75.1 Å². The third kappa shape index (κ3) is 4.83. The number of hydrogen-bond acceptors (Lipinski definition) is 2. The van der Waals surface area contributed by atoms with Crippen molar-refractivity contribution in [3.63, 3.8) is 0 Å². The lowest BCUT2D eigenvalue weighted by Crippen LogP contribution is -1.97. The topological polar surface area (TPSA) is 24.7 Å². The van der Waals surface area contributed by atoms with Gasteiger partial charge >= 0.3 is 0 Å². The zero-order valence-electron chi connectivity index (χ0n) is 8.46. The normalized spacial score (nSPS) is 14.3. The number of rotatable bonds is 4. The van der Waals surface area contributed by atoms with E-state index in [1.807, 2.05) is 13.1 Å². The van der Waals surface area contributed by atoms with E-state index in [9.17, 15) is 0 Å². The molecule has 0 amide bonds. The van der Waals surface area contributed by atoms with Gasteiger partial charge in [0.1, 0.15) is 0 Å². The molecular weight excluding hydrogens is 148 g/mol. The van der Waals surface area contributed by atoms with E-state index >= 15 is 0 Å². The second kappa shape index (κ2) is 6.77. The molecule has 0 aliphatic rings. The lowest BCUT2D eigenvalue weighted by molar-refractivity contribution is 1.15. The Hall–Kier alpha value is -0.920. The molecule has 0 spiro atoms. The predicted molar refractivity (Wildman–Crippen MR) is 56.2 cm³/mol. The highest BCUT2D eigenvalue weighted by Crippen LogP contribution is 1.98. The monoisotopic (exact) mass is 166 g/mol. The van der Waals surface area contributed by atoms with Gasteiger partial charge in [0.15, 0.2) is 0 Å². The van der Waals surface area contributed by atoms with E-state index in [2.05, 4.69) is 29.9 Å². The fraction of sp³-hybridized carbons (Fsp3) is 0.600. The zero-order valence-corrected chi connectivity index (χ0v) is 8.46. The van der Waals surface area contributed by atoms with Crippen LogP contribution in [0.15, 0.2) is 21.8 Å². The zero-order chi connectivity index (χ0) is 9.40. The van der Waals surface area contributed by atoms with Gasteiger partial charge in [0.2, 0.25) is 0 Å². The fourth-order valence-electron chi connectivity index (χ4n) is 0.916. The predicted octanol–water partition coefficient (Wildman–Crippen LogP) is 2.85. The van der Waals surface area contributed by atoms with Crippen molar-refractivity contribution in [3.8, 4) is 0 Å². The molecule has 0 aliphatic carbocycles. The van der Waals surface area contributed by atoms with Crippen LogP contribution >= 0.6 is 0 Å². The van der Waals surface area contributed by atoms with Crippen LogP contribution in [0.2, 0.25) is 0 Å². The molecule has 0 aromatic heterocycles. The Morgan fingerprint density at radius 1 is 1.33 bits per heavy atom. The Morgan fingerprint density at radius 3 is 2.42 bits per heavy atom. The van der Waals surface area contributed by atoms with Gasteiger partial charge in [-0.25, -0.2) is 0 Å². The fourth-order valence-corrected chi connectivity index (χ4v) is 0.916. The third-order valence-corrected chi connectivity index (χ3v) is 1.46. The molecule has 2 nitrogen and oxygen atoms in total. The molecule has 0 aromatic carbocycles. The van der Waals surface area contributed by atoms with Gasteiger partial charge in [-0.05, 0) is 19.8 Å². The van der Waals surface area contributed by atoms with Gasteiger partial charge in [0.05, 0.1) is 5.71 Å². The first kappa shape index (κ1) is 11.1. The van der Waals surface area contributed by atoms with Crippen LogP contribution < -0.4 is 0 Å². The van der Waals surface area contributed by atoms with E-state index in [-0.39, 0.29) is 0 Å². The molecule has 12 heavy (non-hydrogen) atoms. The Morgan fingerprint density at radius 2 is 2.00 bits per heavy atom. The summed E-state index contributed by atoms with van der Waals surface area (Å²) in [6, 6.07) is 0. The summed E-state index contributed by atoms with van der Waals surface area (Å²) >= 11 is 0. The van der Waals surface area contributed by atoms with E-state index in [0.29, 0.717) is 0 Å². The third-order valence-electron chi connectivity index (χ3n) is 1.46. The van der Waals surface area contributed by atoms with Crippen molar-refractivity contribution in [2.24, 2.45) is 9.98 Å². The highest BCUT2D eigenvalue weighted by molar-refractivity contribution is 6.30. The summed E-state index contributed by atoms with van der Waals surface area (Å²) in [4.78, 5) is 8.34. The average molecular weight is 166 g/mol. The molecule has 68 valence electrons. The van der Waals surface area contributed by atoms with E-state index in [0.717, 1.165) is 24.3 Å². The van der Waals surface area contributed by atoms with Gasteiger partial charge in [0.25, 0.3) is 0 Å². The molecule has 2 heteroatoms. The summed E-state index contributed by atoms with van der Waals surface area (Å²) in [7, 11) is 1.77. The summed E-state index contributed by atoms with van der Waals surface area (Å²) < 4.78 is 0. The summed E-state index contributed by atoms with van der Waals surface area (Å²) in [6.45, 7) is 6.21. The van der Waals surface area contributed by atoms with Crippen LogP contribution in [-0.2, 0) is 0 Å². The Balaban J connectivity index is 4.37. The summed E-state index contributed by atoms with van der Waals surface area (Å²) in [5.41, 5.74) is 2.12. The highest BCUT2D eigenvalue weighted by Gasteiger charge is 1.90. The first-order valence-electron chi connectivity index (χ1n) is 4.41. The van der Waals surface area contributed by atoms with Crippen LogP contribution in [0.5, 0.6) is 0 Å². The minimum atomic E-state index is 0.937. The molecule has 0 unspecified atom stereocenters. The highest BCUT2D eigenvalue weighted by atomic mass is 14.8. The lowest BCUT2D eigenvalue weighted by Gasteiger charge is -1.96. The number of nitrogens with zero attached hydrogens (tertiary/aromatic N) is 2. The van der Waals surface area contributed by atoms with Crippen molar-refractivity contribution in [2.45, 2.75) is 33.6 Å². The molecule has 0 atom stereocenters. The number of aliphatic imine (C=N–C) groups is 2. The molecule has 0 bridgehead atoms. The van der Waals surface area contributed by atoms with Gasteiger partial charge in [-0.1, -0.05) is 19.9 Å². The quantitative estimate of drug-likeness (QED) is 0.574. The summed E-state index contributed by atoms with van der Waals surface area (Å²) in [6.07, 6.45) is 5.90. The largest absolute Gasteiger partial charge is 0.295 e. The van der Waals surface area contributed by atoms with Gasteiger partial charge < -0.3 is 0 Å². The SMILES string of the molecule is CC/C=C(\C)N=C(C=NC)CC. The minimum absolute atomic E-state index is 0.937. The Kier molecular flexibility index (Phi) is 6.25. The van der Waals surface area contributed by atoms with Gasteiger partial charge in [0, 0.05) is 19.0 Å². The van der Waals surface area contributed by atoms with Crippen LogP contribution in [0.4, 0.5) is 0 Å². The standard InChI is InChI=1S/C10H18N2/c1-5-7-9(3)12-10(6-2)8-11-4/h7-8H,5-6H2,1-4H3/b9-7+,11-8?,12-10?. The summed E-state index contributed by atoms with van der Waals surface area (Å²) in [5, 5.41) is 0. The maximum absolute atomic E-state index is 4.40. The van der Waals surface area contributed by atoms with Crippen molar-refractivity contribution in [1.82, 2.24) is 0 Å². The molecule has 0 radical (unpaired) electrons. The molecule has 0 N–H and O–H groups in total. The maximum Gasteiger partial charge on any atom is 0.0581 e. The molecule has 0 rings (SSSR count). The molecule has 0 saturated carbocycles. The second-order valence-corrected chi connectivity index (χ2v) is 2.60. The average Bonchev–Trinajstić information content (AvgIpc) is 2.04. The van der Waals surface area contributed by atoms with E-state index < -0.39 is 0 Å². The maximum atomic E-state index is 4.40. The van der Waals surface area contributed by atoms with Gasteiger partial charge in [-0.2, -0.15) is 0 Å². The van der Waals surface area contributed by atoms with Crippen LogP contribution in [0.1, 0.15) is 33.6 Å². The second-order valence-electron chi connectivity index (χ2n) is 2.60. The first-order chi connectivity index (χ1) is 5.74. The van der Waals surface area contributed by atoms with Crippen molar-refractivity contribution in [1.29, 1.82) is 0 Å². The minimum Gasteiger partial charge on any atom is -0.295 e. The smallest absolute Gasteiger partial charge is 0.0581 e. The van der Waals surface area contributed by atoms with Crippen molar-refractivity contribution in [2.75, 3.05) is 7.05 Å². The molecule has 0 aromatic rings. The molecule has 0 fully saturated rings. The van der Waals surface area contributed by atoms with Crippen LogP contribution in [0.25, 0.3) is 0 Å². The van der Waals surface area contributed by atoms with Crippen molar-refractivity contribution < 1.29 is 0 Å². The van der Waals surface area contributed by atoms with Crippen molar-refractivity contribution in [3.05, 3.63) is 11.8 Å². The number of hydrogen-bond donors (Lipinski definition) is 0. The van der Waals surface area contributed by atoms with E-state index in [4.69, 9.17) is 0 Å². The van der Waals surface area contributed by atoms with Crippen LogP contribution in [0, 0.1) is 0 Å². The molecule has 0 saturated heterocycles. The first-order valence-corrected chi connectivity index (χ1v) is 4.41. The molecular formula is C10H18N2. The Bertz CT molecular complexity index is 200. The van der Waals surface area contributed by atoms with E-state index in [1.54, 1.807) is 7.05 Å². The molecule has 0 aliphatic heterocycles. The van der Waals surface area contributed by atoms with Crippen molar-refractivity contribution >= 4 is 11.9 Å². The lowest BCUT2D eigenvalue weighted by atomic mass is 10.3.